The molecule has 308 valence electrons. The quantitative estimate of drug-likeness (QED) is 0.123. The van der Waals surface area contributed by atoms with Gasteiger partial charge in [-0.05, 0) is 146 Å². The van der Waals surface area contributed by atoms with E-state index in [1.807, 2.05) is 6.08 Å². The van der Waals surface area contributed by atoms with Gasteiger partial charge in [0, 0.05) is 39.5 Å². The number of rotatable bonds is 12. The van der Waals surface area contributed by atoms with Gasteiger partial charge >= 0.3 is 5.97 Å². The third kappa shape index (κ3) is 7.79. The third-order valence-corrected chi connectivity index (χ3v) is 13.8. The van der Waals surface area contributed by atoms with Crippen LogP contribution in [0.15, 0.2) is 156 Å². The number of carboxylic acid groups (broad SMARTS) is 1. The maximum atomic E-state index is 12.1. The first-order valence-electron chi connectivity index (χ1n) is 21.6. The van der Waals surface area contributed by atoms with Gasteiger partial charge in [-0.15, -0.1) is 0 Å². The molecule has 0 saturated heterocycles. The first-order valence-corrected chi connectivity index (χ1v) is 22.0. The van der Waals surface area contributed by atoms with Crippen LogP contribution in [-0.4, -0.2) is 27.9 Å². The Morgan fingerprint density at radius 3 is 2.20 bits per heavy atom. The minimum atomic E-state index is -0.811. The third-order valence-electron chi connectivity index (χ3n) is 13.4. The fourth-order valence-corrected chi connectivity index (χ4v) is 10.5. The number of aliphatic carboxylic acids is 1. The summed E-state index contributed by atoms with van der Waals surface area (Å²) in [7, 11) is 0. The van der Waals surface area contributed by atoms with Crippen LogP contribution in [0.1, 0.15) is 91.0 Å². The number of nitrogens with zero attached hydrogens (tertiary/aromatic N) is 1. The van der Waals surface area contributed by atoms with Crippen LogP contribution in [0.2, 0.25) is 0 Å². The van der Waals surface area contributed by atoms with Crippen molar-refractivity contribution < 1.29 is 14.5 Å². The van der Waals surface area contributed by atoms with Crippen LogP contribution in [0.3, 0.4) is 0 Å². The molecule has 2 N–H and O–H groups in total. The Balaban J connectivity index is 1.22. The minimum Gasteiger partial charge on any atom is -0.481 e. The molecule has 8 rings (SSSR count). The summed E-state index contributed by atoms with van der Waals surface area (Å²) >= 11 is 7.45. The molecule has 2 unspecified atom stereocenters. The van der Waals surface area contributed by atoms with Crippen LogP contribution in [0.5, 0.6) is 0 Å². The molecule has 2 aliphatic heterocycles. The SMILES string of the molecule is C=Cc1ccc2c(c1/C=C\C)C(C)(Cc1ccccc1C)/C(=C/C=C1\CCCC(/C=C/C3=[N+](CCC(=O)O)c4ccc5ccccc5c4C3(C)Cc3ccccc3C)=C1Cl)N2. The highest BCUT2D eigenvalue weighted by Gasteiger charge is 2.49. The van der Waals surface area contributed by atoms with Gasteiger partial charge in [-0.1, -0.05) is 127 Å². The zero-order chi connectivity index (χ0) is 42.9. The highest BCUT2D eigenvalue weighted by Crippen LogP contribution is 2.50. The average Bonchev–Trinajstić information content (AvgIpc) is 3.67. The van der Waals surface area contributed by atoms with Crippen molar-refractivity contribution in [3.63, 3.8) is 0 Å². The van der Waals surface area contributed by atoms with Crippen molar-refractivity contribution in [1.29, 1.82) is 0 Å². The summed E-state index contributed by atoms with van der Waals surface area (Å²) in [6, 6.07) is 34.5. The Bertz CT molecular complexity index is 2780. The molecule has 5 aromatic rings. The Morgan fingerprint density at radius 2 is 1.51 bits per heavy atom. The van der Waals surface area contributed by atoms with Crippen LogP contribution in [-0.2, 0) is 28.5 Å². The van der Waals surface area contributed by atoms with Gasteiger partial charge in [0.25, 0.3) is 0 Å². The second-order valence-corrected chi connectivity index (χ2v) is 17.7. The number of nitrogens with one attached hydrogen (secondary N) is 1. The summed E-state index contributed by atoms with van der Waals surface area (Å²) in [4.78, 5) is 12.1. The van der Waals surface area contributed by atoms with Gasteiger partial charge in [0.15, 0.2) is 12.3 Å². The Labute approximate surface area is 366 Å². The Morgan fingerprint density at radius 1 is 0.820 bits per heavy atom. The molecule has 0 radical (unpaired) electrons. The number of benzene rings is 5. The molecular formula is C56H56ClN2O2+. The normalized spacial score (nSPS) is 21.3. The number of carboxylic acids is 1. The van der Waals surface area contributed by atoms with E-state index < -0.39 is 11.4 Å². The van der Waals surface area contributed by atoms with Crippen molar-refractivity contribution >= 4 is 57.6 Å². The number of hydrogen-bond acceptors (Lipinski definition) is 2. The van der Waals surface area contributed by atoms with Gasteiger partial charge in [0.1, 0.15) is 6.42 Å². The minimum absolute atomic E-state index is 0.0286. The Kier molecular flexibility index (Phi) is 11.8. The van der Waals surface area contributed by atoms with Crippen LogP contribution in [0.4, 0.5) is 11.4 Å². The van der Waals surface area contributed by atoms with E-state index in [0.717, 1.165) is 76.6 Å². The van der Waals surface area contributed by atoms with Gasteiger partial charge in [0.2, 0.25) is 5.69 Å². The van der Waals surface area contributed by atoms with Gasteiger partial charge < -0.3 is 10.4 Å². The summed E-state index contributed by atoms with van der Waals surface area (Å²) in [5.41, 5.74) is 15.8. The molecule has 5 aromatic carbocycles. The molecule has 0 spiro atoms. The second kappa shape index (κ2) is 17.2. The second-order valence-electron chi connectivity index (χ2n) is 17.4. The fourth-order valence-electron chi connectivity index (χ4n) is 10.2. The predicted molar refractivity (Wildman–Crippen MR) is 257 cm³/mol. The van der Waals surface area contributed by atoms with Gasteiger partial charge in [0.05, 0.1) is 5.41 Å². The average molecular weight is 825 g/mol. The lowest BCUT2D eigenvalue weighted by Gasteiger charge is -2.29. The lowest BCUT2D eigenvalue weighted by Crippen LogP contribution is -2.34. The number of carbonyl (C=O) groups is 1. The lowest BCUT2D eigenvalue weighted by atomic mass is 9.72. The van der Waals surface area contributed by atoms with E-state index in [1.165, 1.54) is 49.7 Å². The molecule has 1 aliphatic carbocycles. The summed E-state index contributed by atoms with van der Waals surface area (Å²) in [5, 5.41) is 16.9. The van der Waals surface area contributed by atoms with Crippen LogP contribution in [0, 0.1) is 13.8 Å². The zero-order valence-corrected chi connectivity index (χ0v) is 36.9. The molecule has 0 bridgehead atoms. The van der Waals surface area contributed by atoms with E-state index in [1.54, 1.807) is 0 Å². The summed E-state index contributed by atoms with van der Waals surface area (Å²) < 4.78 is 2.25. The predicted octanol–water partition coefficient (Wildman–Crippen LogP) is 13.9. The summed E-state index contributed by atoms with van der Waals surface area (Å²) in [5.74, 6) is -0.811. The van der Waals surface area contributed by atoms with Crippen LogP contribution < -0.4 is 5.32 Å². The van der Waals surface area contributed by atoms with Crippen molar-refractivity contribution in [1.82, 2.24) is 0 Å². The van der Waals surface area contributed by atoms with Crippen LogP contribution >= 0.6 is 11.6 Å². The number of fused-ring (bicyclic) bond motifs is 4. The van der Waals surface area contributed by atoms with Gasteiger partial charge in [-0.25, -0.2) is 0 Å². The molecule has 61 heavy (non-hydrogen) atoms. The molecule has 2 atom stereocenters. The largest absolute Gasteiger partial charge is 0.481 e. The number of allylic oxidation sites excluding steroid dienone is 9. The molecule has 5 heteroatoms. The van der Waals surface area contributed by atoms with E-state index in [-0.39, 0.29) is 11.8 Å². The maximum Gasteiger partial charge on any atom is 0.309 e. The smallest absolute Gasteiger partial charge is 0.309 e. The molecule has 0 saturated carbocycles. The van der Waals surface area contributed by atoms with Crippen molar-refractivity contribution in [2.75, 3.05) is 11.9 Å². The first kappa shape index (κ1) is 41.8. The van der Waals surface area contributed by atoms with E-state index in [4.69, 9.17) is 11.6 Å². The molecule has 0 fully saturated rings. The summed E-state index contributed by atoms with van der Waals surface area (Å²) in [6.07, 6.45) is 19.6. The number of hydrogen-bond donors (Lipinski definition) is 2. The number of anilines is 1. The van der Waals surface area contributed by atoms with E-state index >= 15 is 0 Å². The van der Waals surface area contributed by atoms with Gasteiger partial charge in [-0.3, -0.25) is 4.79 Å². The topological polar surface area (TPSA) is 52.3 Å². The van der Waals surface area contributed by atoms with E-state index in [2.05, 4.69) is 185 Å². The van der Waals surface area contributed by atoms with E-state index in [0.29, 0.717) is 6.54 Å². The van der Waals surface area contributed by atoms with Crippen molar-refractivity contribution in [2.45, 2.75) is 84.0 Å². The molecule has 4 nitrogen and oxygen atoms in total. The molecule has 3 aliphatic rings. The molecular weight excluding hydrogens is 768 g/mol. The van der Waals surface area contributed by atoms with Crippen molar-refractivity contribution in [3.05, 3.63) is 200 Å². The lowest BCUT2D eigenvalue weighted by molar-refractivity contribution is -0.436. The Hall–Kier alpha value is -5.97. The summed E-state index contributed by atoms with van der Waals surface area (Å²) in [6.45, 7) is 15.7. The monoisotopic (exact) mass is 823 g/mol. The van der Waals surface area contributed by atoms with Crippen molar-refractivity contribution in [2.24, 2.45) is 0 Å². The highest BCUT2D eigenvalue weighted by atomic mass is 35.5. The zero-order valence-electron chi connectivity index (χ0n) is 36.1. The van der Waals surface area contributed by atoms with Crippen LogP contribution in [0.25, 0.3) is 22.9 Å². The highest BCUT2D eigenvalue weighted by molar-refractivity contribution is 6.32. The number of aryl methyl sites for hydroxylation is 2. The standard InChI is InChI=1S/C56H55ClN2O2/c1-7-16-45-39(8-2)25-29-47-52(45)55(5,35-43-20-11-9-17-37(43)3)49(58-47)31-27-41-22-15-23-42(54(41)57)28-32-50-56(6,36-44-21-12-10-18-38(44)4)53-46-24-14-13-19-40(46)26-30-48(53)59(50)34-33-51(60)61/h7-14,16-21,24-32H,2,15,22-23,33-36H2,1,3-6H3,(H,60,61)/p+1/b16-7-. The molecule has 2 heterocycles. The maximum absolute atomic E-state index is 12.1. The first-order chi connectivity index (χ1) is 29.5. The number of halogens is 1. The van der Waals surface area contributed by atoms with E-state index in [9.17, 15) is 9.90 Å². The molecule has 0 aromatic heterocycles. The van der Waals surface area contributed by atoms with Gasteiger partial charge in [-0.2, -0.15) is 4.58 Å². The molecule has 0 amide bonds. The fraction of sp³-hybridized carbons (Fsp3) is 0.250. The van der Waals surface area contributed by atoms with Crippen molar-refractivity contribution in [3.8, 4) is 0 Å².